The van der Waals surface area contributed by atoms with E-state index in [1.54, 1.807) is 21.8 Å². The van der Waals surface area contributed by atoms with E-state index in [2.05, 4.69) is 44.3 Å². The summed E-state index contributed by atoms with van der Waals surface area (Å²) in [6.07, 6.45) is 3.17. The van der Waals surface area contributed by atoms with Crippen LogP contribution in [0.1, 0.15) is 61.3 Å². The van der Waals surface area contributed by atoms with Gasteiger partial charge in [-0.15, -0.1) is 0 Å². The highest BCUT2D eigenvalue weighted by Gasteiger charge is 2.66. The number of anilines is 5. The second-order valence-corrected chi connectivity index (χ2v) is 23.6. The minimum absolute atomic E-state index is 0.0207. The fourth-order valence-electron chi connectivity index (χ4n) is 11.8. The first-order valence-corrected chi connectivity index (χ1v) is 26.1. The molecule has 12 heteroatoms. The number of benzene rings is 5. The van der Waals surface area contributed by atoms with E-state index in [1.165, 1.54) is 0 Å². The largest absolute Gasteiger partial charge is 0.497 e. The number of para-hydroxylation sites is 2. The van der Waals surface area contributed by atoms with Crippen LogP contribution in [0.2, 0.25) is 18.6 Å². The summed E-state index contributed by atoms with van der Waals surface area (Å²) in [6, 6.07) is 37.6. The molecular weight excluding hydrogens is 833 g/mol. The number of amides is 4. The van der Waals surface area contributed by atoms with Crippen molar-refractivity contribution in [2.75, 3.05) is 35.0 Å². The average Bonchev–Trinajstić information content (AvgIpc) is 3.99. The van der Waals surface area contributed by atoms with Crippen LogP contribution >= 0.6 is 0 Å². The van der Waals surface area contributed by atoms with Crippen molar-refractivity contribution < 1.29 is 33.8 Å². The van der Waals surface area contributed by atoms with E-state index in [9.17, 15) is 19.5 Å². The number of hydrogen-bond acceptors (Lipinski definition) is 7. The molecule has 65 heavy (non-hydrogen) atoms. The van der Waals surface area contributed by atoms with Crippen molar-refractivity contribution in [2.24, 2.45) is 5.92 Å². The molecule has 5 atom stereocenters. The minimum atomic E-state index is -2.61. The Bertz CT molecular complexity index is 2690. The zero-order chi connectivity index (χ0) is 45.2. The van der Waals surface area contributed by atoms with Gasteiger partial charge in [-0.3, -0.25) is 29.0 Å². The molecule has 2 saturated heterocycles. The summed E-state index contributed by atoms with van der Waals surface area (Å²) < 4.78 is 13.0. The molecule has 5 heterocycles. The number of aliphatic hydroxyl groups excluding tert-OH is 1. The molecule has 0 aromatic heterocycles. The van der Waals surface area contributed by atoms with Gasteiger partial charge in [0.05, 0.1) is 64.0 Å². The molecule has 5 aliphatic rings. The van der Waals surface area contributed by atoms with Crippen LogP contribution in [0, 0.1) is 5.92 Å². The van der Waals surface area contributed by atoms with Crippen LogP contribution in [-0.2, 0) is 48.9 Å². The molecular formula is C53H56N4O7Si. The van der Waals surface area contributed by atoms with Gasteiger partial charge in [0.1, 0.15) is 5.75 Å². The number of likely N-dealkylation sites (tertiary alicyclic amines) is 1. The number of ether oxygens (including phenoxy) is 2. The lowest BCUT2D eigenvalue weighted by atomic mass is 9.82. The molecule has 5 aliphatic heterocycles. The number of aliphatic hydroxyl groups is 1. The molecule has 5 aromatic rings. The highest BCUT2D eigenvalue weighted by atomic mass is 28.3. The monoisotopic (exact) mass is 888 g/mol. The topological polar surface area (TPSA) is 120 Å². The van der Waals surface area contributed by atoms with Crippen LogP contribution in [0.15, 0.2) is 115 Å². The summed E-state index contributed by atoms with van der Waals surface area (Å²) in [4.78, 5) is 64.7. The van der Waals surface area contributed by atoms with Crippen LogP contribution in [0.4, 0.5) is 28.4 Å². The number of aryl methyl sites for hydroxylation is 2. The van der Waals surface area contributed by atoms with Gasteiger partial charge in [0.25, 0.3) is 5.91 Å². The van der Waals surface area contributed by atoms with Crippen LogP contribution < -0.4 is 24.6 Å². The number of carbonyl (C=O) groups is 4. The Morgan fingerprint density at radius 2 is 1.40 bits per heavy atom. The maximum absolute atomic E-state index is 15.9. The second-order valence-electron chi connectivity index (χ2n) is 18.9. The number of nitrogens with zero attached hydrogens (tertiary/aromatic N) is 4. The molecule has 0 saturated carbocycles. The summed E-state index contributed by atoms with van der Waals surface area (Å²) in [5.74, 6) is 0.0918. The molecule has 0 bridgehead atoms. The predicted molar refractivity (Wildman–Crippen MR) is 254 cm³/mol. The van der Waals surface area contributed by atoms with Crippen molar-refractivity contribution in [3.05, 3.63) is 138 Å². The van der Waals surface area contributed by atoms with Crippen LogP contribution in [0.5, 0.6) is 5.75 Å². The molecule has 11 nitrogen and oxygen atoms in total. The fourth-order valence-corrected chi connectivity index (χ4v) is 15.8. The maximum atomic E-state index is 15.9. The van der Waals surface area contributed by atoms with Gasteiger partial charge in [0, 0.05) is 42.2 Å². The van der Waals surface area contributed by atoms with E-state index < -0.39 is 19.8 Å². The smallest absolute Gasteiger partial charge is 0.264 e. The third-order valence-corrected chi connectivity index (χ3v) is 19.4. The molecule has 1 N–H and O–H groups in total. The molecule has 334 valence electrons. The Balaban J connectivity index is 1.08. The summed E-state index contributed by atoms with van der Waals surface area (Å²) in [5, 5.41) is 11.4. The van der Waals surface area contributed by atoms with Crippen molar-refractivity contribution in [3.63, 3.8) is 0 Å². The van der Waals surface area contributed by atoms with Gasteiger partial charge in [0.2, 0.25) is 17.7 Å². The second kappa shape index (κ2) is 16.7. The lowest BCUT2D eigenvalue weighted by Crippen LogP contribution is -2.52. The van der Waals surface area contributed by atoms with Crippen LogP contribution in [0.25, 0.3) is 0 Å². The van der Waals surface area contributed by atoms with E-state index in [1.807, 2.05) is 95.9 Å². The Kier molecular flexibility index (Phi) is 11.0. The summed E-state index contributed by atoms with van der Waals surface area (Å²) >= 11 is 0. The van der Waals surface area contributed by atoms with Crippen molar-refractivity contribution in [1.29, 1.82) is 0 Å². The lowest BCUT2D eigenvalue weighted by Gasteiger charge is -2.37. The first kappa shape index (κ1) is 42.8. The highest BCUT2D eigenvalue weighted by Crippen LogP contribution is 2.61. The number of hydrogen-bond donors (Lipinski definition) is 1. The van der Waals surface area contributed by atoms with Crippen molar-refractivity contribution in [2.45, 2.75) is 94.8 Å². The third-order valence-electron chi connectivity index (χ3n) is 15.1. The lowest BCUT2D eigenvalue weighted by molar-refractivity contribution is -0.150. The van der Waals surface area contributed by atoms with E-state index in [-0.39, 0.29) is 60.7 Å². The highest BCUT2D eigenvalue weighted by molar-refractivity contribution is 6.91. The molecule has 0 unspecified atom stereocenters. The predicted octanol–water partition coefficient (Wildman–Crippen LogP) is 8.05. The first-order valence-electron chi connectivity index (χ1n) is 23.0. The molecule has 0 radical (unpaired) electrons. The van der Waals surface area contributed by atoms with E-state index in [0.29, 0.717) is 49.2 Å². The van der Waals surface area contributed by atoms with Gasteiger partial charge in [-0.25, -0.2) is 0 Å². The van der Waals surface area contributed by atoms with E-state index in [4.69, 9.17) is 9.47 Å². The Labute approximate surface area is 381 Å². The van der Waals surface area contributed by atoms with Crippen molar-refractivity contribution in [1.82, 2.24) is 4.90 Å². The first-order chi connectivity index (χ1) is 31.4. The maximum Gasteiger partial charge on any atom is 0.264 e. The minimum Gasteiger partial charge on any atom is -0.497 e. The van der Waals surface area contributed by atoms with Gasteiger partial charge >= 0.3 is 0 Å². The summed E-state index contributed by atoms with van der Waals surface area (Å²) in [7, 11) is -0.958. The van der Waals surface area contributed by atoms with Gasteiger partial charge in [-0.2, -0.15) is 0 Å². The van der Waals surface area contributed by atoms with Crippen molar-refractivity contribution >= 4 is 65.3 Å². The summed E-state index contributed by atoms with van der Waals surface area (Å²) in [6.45, 7) is 7.42. The normalized spacial score (nSPS) is 23.9. The number of carbonyl (C=O) groups excluding carboxylic acids is 4. The van der Waals surface area contributed by atoms with Gasteiger partial charge in [0.15, 0.2) is 5.60 Å². The quantitative estimate of drug-likeness (QED) is 0.141. The molecule has 0 aliphatic carbocycles. The number of methoxy groups -OCH3 is 1. The summed E-state index contributed by atoms with van der Waals surface area (Å²) in [5.41, 5.74) is 5.92. The van der Waals surface area contributed by atoms with Crippen molar-refractivity contribution in [3.8, 4) is 5.75 Å². The SMILES string of the molecule is COc1ccc([Si](C)(C)[C@H]2[C@H](CC(=O)N3CCC[C@H]3CO)O[C@@]3(C(=O)N(Cc4ccc(N5C(=O)CCc6ccccc65)cc4)c4ccc(N5C(=O)CCc6ccccc65)cc43)[C@@H]2C)cc1. The molecule has 2 fully saturated rings. The Morgan fingerprint density at radius 3 is 2.03 bits per heavy atom. The van der Waals surface area contributed by atoms with Crippen LogP contribution in [-0.4, -0.2) is 74.1 Å². The standard InChI is InChI=1S/C53H56N4O7Si/c1-34-51(65(3,4)42-24-22-41(63-2)23-25-42)47(31-50(61)54-29-9-12-40(54)33-58)64-53(34)43-30-39(57-45-14-8-6-11-37(45)18-28-49(57)60)21-26-46(43)55(52(53)62)32-35-15-19-38(20-16-35)56-44-13-7-5-10-36(44)17-27-48(56)59/h5-8,10-11,13-16,19-26,30,34,40,47,51,58H,9,12,17-18,27-29,31-33H2,1-4H3/t34-,40+,47+,51-,53+/m1/s1. The van der Waals surface area contributed by atoms with Gasteiger partial charge in [-0.05, 0) is 103 Å². The molecule has 4 amide bonds. The average molecular weight is 889 g/mol. The molecule has 1 spiro atoms. The fraction of sp³-hybridized carbons (Fsp3) is 0.358. The molecule has 10 rings (SSSR count). The third kappa shape index (κ3) is 7.08. The zero-order valence-electron chi connectivity index (χ0n) is 37.5. The van der Waals surface area contributed by atoms with E-state index in [0.717, 1.165) is 57.5 Å². The Morgan fingerprint density at radius 1 is 0.785 bits per heavy atom. The van der Waals surface area contributed by atoms with Crippen LogP contribution in [0.3, 0.4) is 0 Å². The zero-order valence-corrected chi connectivity index (χ0v) is 38.5. The van der Waals surface area contributed by atoms with Gasteiger partial charge in [-0.1, -0.05) is 85.9 Å². The number of fused-ring (bicyclic) bond motifs is 4. The number of rotatable bonds is 10. The van der Waals surface area contributed by atoms with Gasteiger partial charge < -0.3 is 24.4 Å². The van der Waals surface area contributed by atoms with E-state index >= 15 is 4.79 Å². The Hall–Kier alpha value is -6.08. The molecule has 5 aromatic carbocycles.